The number of benzene rings is 2. The van der Waals surface area contributed by atoms with Crippen molar-refractivity contribution in [2.45, 2.75) is 13.0 Å². The molecule has 24 heavy (non-hydrogen) atoms. The van der Waals surface area contributed by atoms with E-state index >= 15 is 0 Å². The van der Waals surface area contributed by atoms with Crippen LogP contribution >= 0.6 is 0 Å². The molecular formula is C19H18N2O3. The Morgan fingerprint density at radius 2 is 1.79 bits per heavy atom. The first-order chi connectivity index (χ1) is 11.6. The second-order valence-corrected chi connectivity index (χ2v) is 5.03. The Labute approximate surface area is 140 Å². The van der Waals surface area contributed by atoms with Crippen LogP contribution in [-0.2, 0) is 4.79 Å². The number of para-hydroxylation sites is 1. The molecule has 1 atom stereocenters. The number of ether oxygens (including phenoxy) is 1. The van der Waals surface area contributed by atoms with E-state index in [9.17, 15) is 9.59 Å². The summed E-state index contributed by atoms with van der Waals surface area (Å²) in [6, 6.07) is 15.8. The van der Waals surface area contributed by atoms with E-state index in [2.05, 4.69) is 17.2 Å². The summed E-state index contributed by atoms with van der Waals surface area (Å²) >= 11 is 0. The van der Waals surface area contributed by atoms with Gasteiger partial charge in [0.1, 0.15) is 5.75 Å². The van der Waals surface area contributed by atoms with E-state index < -0.39 is 12.0 Å². The fraction of sp³-hybridized carbons (Fsp3) is 0.158. The normalized spacial score (nSPS) is 10.9. The molecule has 2 aromatic carbocycles. The van der Waals surface area contributed by atoms with E-state index in [1.54, 1.807) is 43.3 Å². The van der Waals surface area contributed by atoms with E-state index in [0.717, 1.165) is 5.56 Å². The van der Waals surface area contributed by atoms with Crippen LogP contribution in [-0.4, -0.2) is 24.5 Å². The second-order valence-electron chi connectivity index (χ2n) is 5.03. The van der Waals surface area contributed by atoms with Crippen molar-refractivity contribution in [3.8, 4) is 17.6 Å². The van der Waals surface area contributed by atoms with Gasteiger partial charge in [-0.1, -0.05) is 30.0 Å². The van der Waals surface area contributed by atoms with Crippen molar-refractivity contribution in [2.24, 2.45) is 5.73 Å². The lowest BCUT2D eigenvalue weighted by Gasteiger charge is -2.13. The summed E-state index contributed by atoms with van der Waals surface area (Å²) in [7, 11) is 0. The lowest BCUT2D eigenvalue weighted by molar-refractivity contribution is -0.126. The monoisotopic (exact) mass is 322 g/mol. The van der Waals surface area contributed by atoms with E-state index in [1.807, 2.05) is 18.2 Å². The van der Waals surface area contributed by atoms with Crippen molar-refractivity contribution in [1.29, 1.82) is 0 Å². The molecule has 0 spiro atoms. The predicted molar refractivity (Wildman–Crippen MR) is 91.4 cm³/mol. The molecule has 0 heterocycles. The van der Waals surface area contributed by atoms with Gasteiger partial charge in [-0.25, -0.2) is 0 Å². The van der Waals surface area contributed by atoms with Crippen LogP contribution in [0.2, 0.25) is 0 Å². The summed E-state index contributed by atoms with van der Waals surface area (Å²) in [6.07, 6.45) is -0.607. The molecule has 0 aliphatic heterocycles. The number of primary amides is 1. The smallest absolute Gasteiger partial charge is 0.261 e. The van der Waals surface area contributed by atoms with Gasteiger partial charge < -0.3 is 15.8 Å². The summed E-state index contributed by atoms with van der Waals surface area (Å²) < 4.78 is 5.52. The topological polar surface area (TPSA) is 81.4 Å². The molecule has 3 N–H and O–H groups in total. The minimum atomic E-state index is -0.607. The Morgan fingerprint density at radius 3 is 2.42 bits per heavy atom. The molecule has 0 radical (unpaired) electrons. The van der Waals surface area contributed by atoms with Gasteiger partial charge in [-0.2, -0.15) is 0 Å². The number of carbonyl (C=O) groups excluding carboxylic acids is 2. The SMILES string of the molecule is CC(Oc1ccccc1)C(=O)NCC#Cc1ccc(C(N)=O)cc1. The quantitative estimate of drug-likeness (QED) is 0.823. The maximum atomic E-state index is 11.9. The number of hydrogen-bond donors (Lipinski definition) is 2. The molecule has 2 rings (SSSR count). The van der Waals surface area contributed by atoms with Gasteiger partial charge >= 0.3 is 0 Å². The third-order valence-electron chi connectivity index (χ3n) is 3.18. The summed E-state index contributed by atoms with van der Waals surface area (Å²) in [4.78, 5) is 22.9. The van der Waals surface area contributed by atoms with E-state index in [4.69, 9.17) is 10.5 Å². The number of amides is 2. The van der Waals surface area contributed by atoms with Crippen LogP contribution in [0.3, 0.4) is 0 Å². The van der Waals surface area contributed by atoms with Crippen LogP contribution in [0.15, 0.2) is 54.6 Å². The molecule has 0 saturated heterocycles. The maximum absolute atomic E-state index is 11.9. The van der Waals surface area contributed by atoms with Crippen LogP contribution in [0.25, 0.3) is 0 Å². The zero-order valence-corrected chi connectivity index (χ0v) is 13.3. The Kier molecular flexibility index (Phi) is 5.98. The molecule has 1 unspecified atom stereocenters. The van der Waals surface area contributed by atoms with Crippen LogP contribution in [0.4, 0.5) is 0 Å². The average molecular weight is 322 g/mol. The number of nitrogens with one attached hydrogen (secondary N) is 1. The largest absolute Gasteiger partial charge is 0.481 e. The molecular weight excluding hydrogens is 304 g/mol. The van der Waals surface area contributed by atoms with Crippen molar-refractivity contribution in [3.63, 3.8) is 0 Å². The van der Waals surface area contributed by atoms with Crippen molar-refractivity contribution < 1.29 is 14.3 Å². The van der Waals surface area contributed by atoms with E-state index in [0.29, 0.717) is 11.3 Å². The molecule has 0 saturated carbocycles. The molecule has 2 aromatic rings. The molecule has 2 amide bonds. The van der Waals surface area contributed by atoms with Crippen LogP contribution in [0.1, 0.15) is 22.8 Å². The summed E-state index contributed by atoms with van der Waals surface area (Å²) in [5, 5.41) is 2.69. The number of nitrogens with two attached hydrogens (primary N) is 1. The lowest BCUT2D eigenvalue weighted by Crippen LogP contribution is -2.36. The Hall–Kier alpha value is -3.26. The Balaban J connectivity index is 1.81. The third-order valence-corrected chi connectivity index (χ3v) is 3.18. The molecule has 0 bridgehead atoms. The molecule has 0 aromatic heterocycles. The van der Waals surface area contributed by atoms with Crippen LogP contribution < -0.4 is 15.8 Å². The zero-order chi connectivity index (χ0) is 17.4. The minimum absolute atomic E-state index is 0.207. The fourth-order valence-corrected chi connectivity index (χ4v) is 1.90. The van der Waals surface area contributed by atoms with Gasteiger partial charge in [-0.3, -0.25) is 9.59 Å². The average Bonchev–Trinajstić information content (AvgIpc) is 2.59. The number of rotatable bonds is 5. The number of carbonyl (C=O) groups is 2. The molecule has 0 fully saturated rings. The fourth-order valence-electron chi connectivity index (χ4n) is 1.90. The summed E-state index contributed by atoms with van der Waals surface area (Å²) in [5.41, 5.74) is 6.34. The summed E-state index contributed by atoms with van der Waals surface area (Å²) in [5.74, 6) is 5.67. The van der Waals surface area contributed by atoms with Gasteiger partial charge in [0.25, 0.3) is 5.91 Å². The molecule has 5 heteroatoms. The third kappa shape index (κ3) is 5.18. The van der Waals surface area contributed by atoms with Gasteiger partial charge in [-0.15, -0.1) is 0 Å². The minimum Gasteiger partial charge on any atom is -0.481 e. The maximum Gasteiger partial charge on any atom is 0.261 e. The second kappa shape index (κ2) is 8.39. The highest BCUT2D eigenvalue weighted by Crippen LogP contribution is 2.10. The standard InChI is InChI=1S/C19H18N2O3/c1-14(24-17-7-3-2-4-8-17)19(23)21-13-5-6-15-9-11-16(12-10-15)18(20)22/h2-4,7-12,14H,13H2,1H3,(H2,20,22)(H,21,23). The molecule has 0 aliphatic rings. The highest BCUT2D eigenvalue weighted by atomic mass is 16.5. The lowest BCUT2D eigenvalue weighted by atomic mass is 10.1. The van der Waals surface area contributed by atoms with Crippen molar-refractivity contribution >= 4 is 11.8 Å². The Morgan fingerprint density at radius 1 is 1.12 bits per heavy atom. The van der Waals surface area contributed by atoms with Gasteiger partial charge in [0.15, 0.2) is 6.10 Å². The van der Waals surface area contributed by atoms with Gasteiger partial charge in [0, 0.05) is 11.1 Å². The van der Waals surface area contributed by atoms with Crippen molar-refractivity contribution in [2.75, 3.05) is 6.54 Å². The molecule has 5 nitrogen and oxygen atoms in total. The summed E-state index contributed by atoms with van der Waals surface area (Å²) in [6.45, 7) is 1.89. The predicted octanol–water partition coefficient (Wildman–Crippen LogP) is 1.72. The Bertz CT molecular complexity index is 759. The van der Waals surface area contributed by atoms with Crippen LogP contribution in [0.5, 0.6) is 5.75 Å². The van der Waals surface area contributed by atoms with Gasteiger partial charge in [-0.05, 0) is 43.3 Å². The highest BCUT2D eigenvalue weighted by Gasteiger charge is 2.13. The zero-order valence-electron chi connectivity index (χ0n) is 13.3. The number of hydrogen-bond acceptors (Lipinski definition) is 3. The van der Waals surface area contributed by atoms with E-state index in [1.165, 1.54) is 0 Å². The van der Waals surface area contributed by atoms with Crippen molar-refractivity contribution in [1.82, 2.24) is 5.32 Å². The first-order valence-electron chi connectivity index (χ1n) is 7.44. The van der Waals surface area contributed by atoms with Gasteiger partial charge in [0.05, 0.1) is 6.54 Å². The van der Waals surface area contributed by atoms with E-state index in [-0.39, 0.29) is 12.5 Å². The molecule has 0 aliphatic carbocycles. The first-order valence-corrected chi connectivity index (χ1v) is 7.44. The van der Waals surface area contributed by atoms with Crippen molar-refractivity contribution in [3.05, 3.63) is 65.7 Å². The first kappa shape index (κ1) is 17.1. The van der Waals surface area contributed by atoms with Gasteiger partial charge in [0.2, 0.25) is 5.91 Å². The van der Waals surface area contributed by atoms with Crippen LogP contribution in [0, 0.1) is 11.8 Å². The highest BCUT2D eigenvalue weighted by molar-refractivity contribution is 5.92. The molecule has 122 valence electrons.